The number of fused-ring (bicyclic) bond motifs is 2. The molecular weight excluding hydrogens is 408 g/mol. The van der Waals surface area contributed by atoms with Crippen LogP contribution in [0.4, 0.5) is 0 Å². The number of β-amino-alcohol motifs (C(OH)–C–C–N with tert-alkyl or cyclic N) is 1. The number of likely N-dealkylation sites (tertiary alicyclic amines) is 1. The van der Waals surface area contributed by atoms with Crippen LogP contribution in [0.2, 0.25) is 0 Å². The summed E-state index contributed by atoms with van der Waals surface area (Å²) in [7, 11) is 0. The average molecular weight is 439 g/mol. The van der Waals surface area contributed by atoms with Crippen LogP contribution in [0.15, 0.2) is 40.0 Å². The lowest BCUT2D eigenvalue weighted by molar-refractivity contribution is -0.134. The molecule has 1 aliphatic carbocycles. The smallest absolute Gasteiger partial charge is 0.234 e. The van der Waals surface area contributed by atoms with E-state index >= 15 is 0 Å². The number of carbonyl (C=O) groups is 1. The standard InChI is InChI=1S/C24H30N4O4/c1-14(2)21(20-11-15(3)26-31-20)23(30)28-13-17(29)12-19(28)22-25-24(32-27-22)10-6-8-16-7-4-5-9-18(16)24/h4-5,7,9,11,14,17,19,21,29H,6,8,10,12-13H2,1-3H3,(H,25,27)/t17-,19+,21-,24-/m1/s1. The zero-order chi connectivity index (χ0) is 22.5. The molecule has 1 saturated heterocycles. The molecule has 4 atom stereocenters. The third-order valence-corrected chi connectivity index (χ3v) is 6.82. The average Bonchev–Trinajstić information content (AvgIpc) is 3.48. The minimum atomic E-state index is -0.702. The molecule has 8 heteroatoms. The molecule has 1 aromatic carbocycles. The van der Waals surface area contributed by atoms with Crippen LogP contribution < -0.4 is 5.32 Å². The van der Waals surface area contributed by atoms with Crippen molar-refractivity contribution in [1.29, 1.82) is 0 Å². The third kappa shape index (κ3) is 3.46. The monoisotopic (exact) mass is 438 g/mol. The number of aromatic nitrogens is 1. The molecule has 2 aromatic rings. The first kappa shape index (κ1) is 21.0. The largest absolute Gasteiger partial charge is 0.391 e. The Kier molecular flexibility index (Phi) is 5.20. The van der Waals surface area contributed by atoms with E-state index in [1.165, 1.54) is 5.56 Å². The van der Waals surface area contributed by atoms with Crippen LogP contribution in [-0.4, -0.2) is 45.6 Å². The summed E-state index contributed by atoms with van der Waals surface area (Å²) < 4.78 is 5.45. The molecule has 32 heavy (non-hydrogen) atoms. The summed E-state index contributed by atoms with van der Waals surface area (Å²) >= 11 is 0. The van der Waals surface area contributed by atoms with E-state index in [-0.39, 0.29) is 24.4 Å². The highest BCUT2D eigenvalue weighted by Gasteiger charge is 2.49. The van der Waals surface area contributed by atoms with Crippen molar-refractivity contribution in [3.63, 3.8) is 0 Å². The van der Waals surface area contributed by atoms with Crippen LogP contribution >= 0.6 is 0 Å². The topological polar surface area (TPSA) is 100 Å². The van der Waals surface area contributed by atoms with Crippen molar-refractivity contribution in [3.8, 4) is 0 Å². The fourth-order valence-electron chi connectivity index (χ4n) is 5.30. The highest BCUT2D eigenvalue weighted by atomic mass is 16.7. The molecular formula is C24H30N4O4. The maximum Gasteiger partial charge on any atom is 0.234 e. The molecule has 5 rings (SSSR count). The van der Waals surface area contributed by atoms with Crippen LogP contribution in [0.5, 0.6) is 0 Å². The molecule has 3 heterocycles. The van der Waals surface area contributed by atoms with Gasteiger partial charge < -0.3 is 24.7 Å². The third-order valence-electron chi connectivity index (χ3n) is 6.82. The molecule has 0 saturated carbocycles. The lowest BCUT2D eigenvalue weighted by Crippen LogP contribution is -2.52. The number of rotatable bonds is 4. The predicted molar refractivity (Wildman–Crippen MR) is 118 cm³/mol. The fraction of sp³-hybridized carbons (Fsp3) is 0.542. The normalized spacial score (nSPS) is 27.8. The Labute approximate surface area is 187 Å². The first-order valence-corrected chi connectivity index (χ1v) is 11.4. The Hall–Kier alpha value is -2.87. The van der Waals surface area contributed by atoms with E-state index in [0.717, 1.165) is 30.5 Å². The highest BCUT2D eigenvalue weighted by Crippen LogP contribution is 2.40. The minimum absolute atomic E-state index is 0.0135. The molecule has 170 valence electrons. The van der Waals surface area contributed by atoms with Crippen LogP contribution in [0, 0.1) is 12.8 Å². The Morgan fingerprint density at radius 1 is 1.34 bits per heavy atom. The maximum atomic E-state index is 13.7. The van der Waals surface area contributed by atoms with Gasteiger partial charge in [0.2, 0.25) is 11.6 Å². The number of nitrogens with one attached hydrogen (secondary N) is 1. The van der Waals surface area contributed by atoms with Crippen LogP contribution in [0.1, 0.15) is 61.6 Å². The number of amides is 1. The lowest BCUT2D eigenvalue weighted by Gasteiger charge is -2.35. The number of oxime groups is 1. The summed E-state index contributed by atoms with van der Waals surface area (Å²) in [5.74, 6) is 0.601. The van der Waals surface area contributed by atoms with Crippen molar-refractivity contribution < 1.29 is 19.3 Å². The van der Waals surface area contributed by atoms with Gasteiger partial charge in [0.1, 0.15) is 11.7 Å². The number of aliphatic hydroxyl groups excluding tert-OH is 1. The minimum Gasteiger partial charge on any atom is -0.391 e. The number of aryl methyl sites for hydroxylation is 2. The van der Waals surface area contributed by atoms with Crippen LogP contribution in [0.3, 0.4) is 0 Å². The van der Waals surface area contributed by atoms with Gasteiger partial charge in [0.25, 0.3) is 0 Å². The summed E-state index contributed by atoms with van der Waals surface area (Å²) in [5, 5.41) is 22.4. The molecule has 0 bridgehead atoms. The van der Waals surface area contributed by atoms with Gasteiger partial charge >= 0.3 is 0 Å². The molecule has 2 N–H and O–H groups in total. The SMILES string of the molecule is Cc1cc([C@H](C(=O)N2C[C@H](O)C[C@H]2C2=NO[C@@]3(CCCc4ccccc43)N2)C(C)C)on1. The summed E-state index contributed by atoms with van der Waals surface area (Å²) in [4.78, 5) is 21.4. The van der Waals surface area contributed by atoms with Gasteiger partial charge in [-0.05, 0) is 31.2 Å². The summed E-state index contributed by atoms with van der Waals surface area (Å²) in [6, 6.07) is 9.69. The van der Waals surface area contributed by atoms with Crippen LogP contribution in [-0.2, 0) is 21.8 Å². The van der Waals surface area contributed by atoms with E-state index in [1.54, 1.807) is 4.90 Å². The second kappa shape index (κ2) is 7.92. The molecule has 0 unspecified atom stereocenters. The van der Waals surface area contributed by atoms with Crippen molar-refractivity contribution in [2.24, 2.45) is 11.1 Å². The first-order chi connectivity index (χ1) is 15.4. The van der Waals surface area contributed by atoms with E-state index in [9.17, 15) is 9.90 Å². The number of hydrogen-bond donors (Lipinski definition) is 2. The second-order valence-electron chi connectivity index (χ2n) is 9.52. The van der Waals surface area contributed by atoms with Gasteiger partial charge in [-0.1, -0.05) is 48.4 Å². The van der Waals surface area contributed by atoms with E-state index in [2.05, 4.69) is 27.8 Å². The number of nitrogens with zero attached hydrogens (tertiary/aromatic N) is 3. The number of amidine groups is 1. The van der Waals surface area contributed by atoms with E-state index in [1.807, 2.05) is 39.0 Å². The van der Waals surface area contributed by atoms with Crippen molar-refractivity contribution in [2.45, 2.75) is 70.2 Å². The Morgan fingerprint density at radius 3 is 2.91 bits per heavy atom. The van der Waals surface area contributed by atoms with Gasteiger partial charge in [-0.15, -0.1) is 0 Å². The molecule has 2 aliphatic heterocycles. The maximum absolute atomic E-state index is 13.7. The van der Waals surface area contributed by atoms with Gasteiger partial charge in [0.05, 0.1) is 17.8 Å². The van der Waals surface area contributed by atoms with Crippen LogP contribution in [0.25, 0.3) is 0 Å². The second-order valence-corrected chi connectivity index (χ2v) is 9.52. The van der Waals surface area contributed by atoms with E-state index < -0.39 is 17.7 Å². The van der Waals surface area contributed by atoms with Crippen molar-refractivity contribution in [3.05, 3.63) is 52.9 Å². The number of hydrogen-bond acceptors (Lipinski definition) is 7. The van der Waals surface area contributed by atoms with Gasteiger partial charge in [0, 0.05) is 31.0 Å². The van der Waals surface area contributed by atoms with E-state index in [0.29, 0.717) is 18.0 Å². The van der Waals surface area contributed by atoms with Crippen molar-refractivity contribution in [1.82, 2.24) is 15.4 Å². The molecule has 1 spiro atoms. The first-order valence-electron chi connectivity index (χ1n) is 11.4. The quantitative estimate of drug-likeness (QED) is 0.761. The van der Waals surface area contributed by atoms with Gasteiger partial charge in [-0.25, -0.2) is 0 Å². The number of benzene rings is 1. The summed E-state index contributed by atoms with van der Waals surface area (Å²) in [6.07, 6.45) is 2.60. The summed E-state index contributed by atoms with van der Waals surface area (Å²) in [6.45, 7) is 6.08. The zero-order valence-electron chi connectivity index (χ0n) is 18.7. The fourth-order valence-corrected chi connectivity index (χ4v) is 5.30. The molecule has 0 radical (unpaired) electrons. The van der Waals surface area contributed by atoms with Gasteiger partial charge in [-0.3, -0.25) is 4.79 Å². The summed E-state index contributed by atoms with van der Waals surface area (Å²) in [5.41, 5.74) is 2.39. The van der Waals surface area contributed by atoms with Gasteiger partial charge in [0.15, 0.2) is 5.84 Å². The molecule has 1 aromatic heterocycles. The Bertz CT molecular complexity index is 1050. The zero-order valence-corrected chi connectivity index (χ0v) is 18.7. The molecule has 1 amide bonds. The Morgan fingerprint density at radius 2 is 2.16 bits per heavy atom. The predicted octanol–water partition coefficient (Wildman–Crippen LogP) is 2.81. The molecule has 1 fully saturated rings. The van der Waals surface area contributed by atoms with E-state index in [4.69, 9.17) is 9.36 Å². The molecule has 8 nitrogen and oxygen atoms in total. The lowest BCUT2D eigenvalue weighted by atomic mass is 9.84. The van der Waals surface area contributed by atoms with Crippen molar-refractivity contribution in [2.75, 3.05) is 6.54 Å². The number of aliphatic hydroxyl groups is 1. The highest BCUT2D eigenvalue weighted by molar-refractivity contribution is 5.94. The molecule has 3 aliphatic rings. The van der Waals surface area contributed by atoms with Gasteiger partial charge in [-0.2, -0.15) is 0 Å². The number of carbonyl (C=O) groups excluding carboxylic acids is 1. The van der Waals surface area contributed by atoms with Crippen molar-refractivity contribution >= 4 is 11.7 Å². The Balaban J connectivity index is 1.41.